The molecule has 9 heteroatoms. The maximum absolute atomic E-state index is 12.0. The Kier molecular flexibility index (Phi) is 6.27. The Balaban J connectivity index is 1.44. The lowest BCUT2D eigenvalue weighted by Gasteiger charge is -2.26. The van der Waals surface area contributed by atoms with Crippen LogP contribution in [0, 0.1) is 6.92 Å². The van der Waals surface area contributed by atoms with Crippen molar-refractivity contribution in [3.63, 3.8) is 0 Å². The van der Waals surface area contributed by atoms with Crippen LogP contribution in [0.2, 0.25) is 0 Å². The predicted octanol–water partition coefficient (Wildman–Crippen LogP) is 4.83. The number of methoxy groups -OCH3 is 1. The molecule has 0 unspecified atom stereocenters. The van der Waals surface area contributed by atoms with Crippen molar-refractivity contribution in [3.05, 3.63) is 71.4 Å². The summed E-state index contributed by atoms with van der Waals surface area (Å²) in [5, 5.41) is 7.56. The number of sulfone groups is 1. The molecular weight excluding hydrogens is 474 g/mol. The molecule has 1 aliphatic rings. The van der Waals surface area contributed by atoms with E-state index in [9.17, 15) is 8.42 Å². The first-order valence-electron chi connectivity index (χ1n) is 11.7. The van der Waals surface area contributed by atoms with Crippen LogP contribution in [0.15, 0.2) is 59.6 Å². The third-order valence-electron chi connectivity index (χ3n) is 6.47. The minimum absolute atomic E-state index is 0.274. The molecule has 0 fully saturated rings. The van der Waals surface area contributed by atoms with E-state index in [0.717, 1.165) is 58.8 Å². The monoisotopic (exact) mass is 503 g/mol. The second-order valence-electron chi connectivity index (χ2n) is 9.28. The van der Waals surface area contributed by atoms with Gasteiger partial charge in [0.25, 0.3) is 0 Å². The van der Waals surface area contributed by atoms with Crippen LogP contribution in [-0.2, 0) is 22.8 Å². The van der Waals surface area contributed by atoms with Crippen LogP contribution in [0.1, 0.15) is 16.7 Å². The number of nitrogens with zero attached hydrogens (tertiary/aromatic N) is 3. The van der Waals surface area contributed by atoms with E-state index < -0.39 is 9.84 Å². The molecule has 2 N–H and O–H groups in total. The van der Waals surface area contributed by atoms with E-state index in [1.54, 1.807) is 31.5 Å². The molecule has 2 heterocycles. The Morgan fingerprint density at radius 2 is 1.83 bits per heavy atom. The van der Waals surface area contributed by atoms with Crippen molar-refractivity contribution < 1.29 is 13.2 Å². The van der Waals surface area contributed by atoms with E-state index in [4.69, 9.17) is 9.72 Å². The highest BCUT2D eigenvalue weighted by molar-refractivity contribution is 7.90. The number of hydrogen-bond acceptors (Lipinski definition) is 8. The molecule has 0 spiro atoms. The number of aryl methyl sites for hydroxylation is 1. The van der Waals surface area contributed by atoms with E-state index >= 15 is 0 Å². The highest BCUT2D eigenvalue weighted by Crippen LogP contribution is 2.33. The van der Waals surface area contributed by atoms with Crippen LogP contribution < -0.4 is 15.4 Å². The number of benzene rings is 3. The largest absolute Gasteiger partial charge is 0.495 e. The predicted molar refractivity (Wildman–Crippen MR) is 143 cm³/mol. The molecule has 0 saturated carbocycles. The van der Waals surface area contributed by atoms with Gasteiger partial charge >= 0.3 is 0 Å². The number of likely N-dealkylation sites (N-methyl/N-ethyl adjacent to an activating group) is 1. The molecule has 186 valence electrons. The third kappa shape index (κ3) is 4.98. The summed E-state index contributed by atoms with van der Waals surface area (Å²) < 4.78 is 29.6. The van der Waals surface area contributed by atoms with Crippen LogP contribution in [0.5, 0.6) is 5.75 Å². The van der Waals surface area contributed by atoms with Gasteiger partial charge in [-0.2, -0.15) is 0 Å². The average molecular weight is 504 g/mol. The summed E-state index contributed by atoms with van der Waals surface area (Å²) >= 11 is 0. The molecule has 8 nitrogen and oxygen atoms in total. The molecule has 0 bridgehead atoms. The highest BCUT2D eigenvalue weighted by atomic mass is 32.2. The molecule has 3 aromatic carbocycles. The SMILES string of the molecule is COc1cc2c(cc1Nc1ncc3ccc(Nc4cc(S(C)(=O)=O)ccc4C)cc3n1)CN(C)CC2. The van der Waals surface area contributed by atoms with Gasteiger partial charge in [-0.3, -0.25) is 0 Å². The number of fused-ring (bicyclic) bond motifs is 2. The van der Waals surface area contributed by atoms with Gasteiger partial charge in [0.15, 0.2) is 9.84 Å². The molecule has 0 atom stereocenters. The Labute approximate surface area is 211 Å². The first-order valence-corrected chi connectivity index (χ1v) is 13.6. The van der Waals surface area contributed by atoms with E-state index in [1.807, 2.05) is 25.1 Å². The van der Waals surface area contributed by atoms with Crippen molar-refractivity contribution in [2.24, 2.45) is 0 Å². The summed E-state index contributed by atoms with van der Waals surface area (Å²) in [5.74, 6) is 1.23. The molecule has 0 amide bonds. The lowest BCUT2D eigenvalue weighted by atomic mass is 9.99. The molecule has 0 aliphatic carbocycles. The number of ether oxygens (including phenoxy) is 1. The van der Waals surface area contributed by atoms with Gasteiger partial charge in [-0.05, 0) is 79.5 Å². The van der Waals surface area contributed by atoms with E-state index in [-0.39, 0.29) is 4.90 Å². The zero-order chi connectivity index (χ0) is 25.4. The standard InChI is InChI=1S/C27H29N5O3S/c1-17-5-8-22(36(4,33)34)14-23(17)29-21-7-6-19-15-28-27(30-24(19)13-21)31-25-11-20-16-32(2)10-9-18(20)12-26(25)35-3/h5-8,11-15,29H,9-10,16H2,1-4H3,(H,28,30,31). The van der Waals surface area contributed by atoms with Crippen LogP contribution in [0.25, 0.3) is 10.9 Å². The van der Waals surface area contributed by atoms with Crippen molar-refractivity contribution in [3.8, 4) is 5.75 Å². The number of aromatic nitrogens is 2. The summed E-state index contributed by atoms with van der Waals surface area (Å²) in [6, 6.07) is 15.1. The summed E-state index contributed by atoms with van der Waals surface area (Å²) in [4.78, 5) is 11.8. The van der Waals surface area contributed by atoms with Crippen LogP contribution >= 0.6 is 0 Å². The molecule has 1 aromatic heterocycles. The smallest absolute Gasteiger partial charge is 0.227 e. The molecule has 1 aliphatic heterocycles. The molecular formula is C27H29N5O3S. The minimum Gasteiger partial charge on any atom is -0.495 e. The van der Waals surface area contributed by atoms with Gasteiger partial charge in [-0.25, -0.2) is 18.4 Å². The number of nitrogens with one attached hydrogen (secondary N) is 2. The zero-order valence-corrected chi connectivity index (χ0v) is 21.6. The first kappa shape index (κ1) is 24.0. The Morgan fingerprint density at radius 1 is 1.00 bits per heavy atom. The molecule has 0 saturated heterocycles. The van der Waals surface area contributed by atoms with Gasteiger partial charge < -0.3 is 20.3 Å². The van der Waals surface area contributed by atoms with Gasteiger partial charge in [0.05, 0.1) is 23.2 Å². The second-order valence-corrected chi connectivity index (χ2v) is 11.3. The maximum atomic E-state index is 12.0. The van der Waals surface area contributed by atoms with Crippen molar-refractivity contribution in [1.29, 1.82) is 0 Å². The summed E-state index contributed by atoms with van der Waals surface area (Å²) in [7, 11) is 0.490. The van der Waals surface area contributed by atoms with Crippen molar-refractivity contribution in [1.82, 2.24) is 14.9 Å². The average Bonchev–Trinajstić information content (AvgIpc) is 2.84. The van der Waals surface area contributed by atoms with E-state index in [2.05, 4.69) is 39.7 Å². The lowest BCUT2D eigenvalue weighted by molar-refractivity contribution is 0.312. The molecule has 0 radical (unpaired) electrons. The fourth-order valence-corrected chi connectivity index (χ4v) is 5.05. The van der Waals surface area contributed by atoms with Gasteiger partial charge in [0.1, 0.15) is 5.75 Å². The third-order valence-corrected chi connectivity index (χ3v) is 7.58. The van der Waals surface area contributed by atoms with Crippen molar-refractivity contribution in [2.45, 2.75) is 24.8 Å². The fourth-order valence-electron chi connectivity index (χ4n) is 4.40. The van der Waals surface area contributed by atoms with Crippen LogP contribution in [0.4, 0.5) is 23.0 Å². The summed E-state index contributed by atoms with van der Waals surface area (Å²) in [6.07, 6.45) is 3.98. The molecule has 36 heavy (non-hydrogen) atoms. The van der Waals surface area contributed by atoms with Gasteiger partial charge in [-0.1, -0.05) is 6.07 Å². The lowest BCUT2D eigenvalue weighted by Crippen LogP contribution is -2.26. The molecule has 4 aromatic rings. The highest BCUT2D eigenvalue weighted by Gasteiger charge is 2.17. The zero-order valence-electron chi connectivity index (χ0n) is 20.8. The number of anilines is 4. The molecule has 5 rings (SSSR count). The van der Waals surface area contributed by atoms with Crippen molar-refractivity contribution >= 4 is 43.8 Å². The minimum atomic E-state index is -3.30. The van der Waals surface area contributed by atoms with Gasteiger partial charge in [0.2, 0.25) is 5.95 Å². The Hall–Kier alpha value is -3.69. The summed E-state index contributed by atoms with van der Waals surface area (Å²) in [5.41, 5.74) is 6.63. The van der Waals surface area contributed by atoms with Crippen LogP contribution in [-0.4, -0.2) is 50.2 Å². The second kappa shape index (κ2) is 9.40. The fraction of sp³-hybridized carbons (Fsp3) is 0.259. The maximum Gasteiger partial charge on any atom is 0.227 e. The first-order chi connectivity index (χ1) is 17.2. The van der Waals surface area contributed by atoms with Gasteiger partial charge in [-0.15, -0.1) is 0 Å². The summed E-state index contributed by atoms with van der Waals surface area (Å²) in [6.45, 7) is 3.86. The van der Waals surface area contributed by atoms with E-state index in [1.165, 1.54) is 17.4 Å². The van der Waals surface area contributed by atoms with Crippen LogP contribution in [0.3, 0.4) is 0 Å². The quantitative estimate of drug-likeness (QED) is 0.386. The van der Waals surface area contributed by atoms with Gasteiger partial charge in [0, 0.05) is 42.3 Å². The van der Waals surface area contributed by atoms with Crippen molar-refractivity contribution in [2.75, 3.05) is 37.6 Å². The number of rotatable bonds is 6. The topological polar surface area (TPSA) is 96.4 Å². The van der Waals surface area contributed by atoms with E-state index in [0.29, 0.717) is 5.95 Å². The Bertz CT molecular complexity index is 1570. The number of hydrogen-bond donors (Lipinski definition) is 2. The Morgan fingerprint density at radius 3 is 2.61 bits per heavy atom. The normalized spacial score (nSPS) is 13.9.